The summed E-state index contributed by atoms with van der Waals surface area (Å²) in [5.74, 6) is 1.06. The van der Waals surface area contributed by atoms with Crippen LogP contribution < -0.4 is 10.2 Å². The van der Waals surface area contributed by atoms with Gasteiger partial charge in [-0.3, -0.25) is 0 Å². The van der Waals surface area contributed by atoms with E-state index in [1.807, 2.05) is 6.20 Å². The fraction of sp³-hybridized carbons (Fsp3) is 0.643. The molecule has 0 aromatic carbocycles. The molecule has 100 valence electrons. The Balaban J connectivity index is 1.95. The van der Waals surface area contributed by atoms with E-state index in [0.717, 1.165) is 31.1 Å². The van der Waals surface area contributed by atoms with Crippen molar-refractivity contribution in [2.45, 2.75) is 26.3 Å². The number of anilines is 2. The number of aromatic nitrogens is 1. The molecule has 4 heteroatoms. The SMILES string of the molecule is CCN(CC)c1ccc(NC2CCN(C)C2)cn1. The van der Waals surface area contributed by atoms with Gasteiger partial charge in [-0.25, -0.2) is 4.98 Å². The van der Waals surface area contributed by atoms with Crippen LogP contribution in [0.4, 0.5) is 11.5 Å². The average molecular weight is 248 g/mol. The summed E-state index contributed by atoms with van der Waals surface area (Å²) in [6, 6.07) is 4.81. The average Bonchev–Trinajstić information content (AvgIpc) is 2.78. The fourth-order valence-electron chi connectivity index (χ4n) is 2.49. The quantitative estimate of drug-likeness (QED) is 0.864. The third kappa shape index (κ3) is 3.13. The highest BCUT2D eigenvalue weighted by molar-refractivity contribution is 5.49. The lowest BCUT2D eigenvalue weighted by molar-refractivity contribution is 0.414. The maximum absolute atomic E-state index is 4.53. The van der Waals surface area contributed by atoms with Crippen molar-refractivity contribution in [3.63, 3.8) is 0 Å². The van der Waals surface area contributed by atoms with Gasteiger partial charge in [-0.15, -0.1) is 0 Å². The number of nitrogens with zero attached hydrogens (tertiary/aromatic N) is 3. The monoisotopic (exact) mass is 248 g/mol. The lowest BCUT2D eigenvalue weighted by Crippen LogP contribution is -2.24. The van der Waals surface area contributed by atoms with Gasteiger partial charge in [-0.2, -0.15) is 0 Å². The molecule has 1 fully saturated rings. The van der Waals surface area contributed by atoms with Crippen LogP contribution in [0, 0.1) is 0 Å². The Labute approximate surface area is 110 Å². The van der Waals surface area contributed by atoms with Crippen LogP contribution in [-0.4, -0.2) is 49.2 Å². The molecule has 1 atom stereocenters. The molecule has 4 nitrogen and oxygen atoms in total. The molecular weight excluding hydrogens is 224 g/mol. The summed E-state index contributed by atoms with van der Waals surface area (Å²) in [5.41, 5.74) is 1.13. The van der Waals surface area contributed by atoms with Gasteiger partial charge in [0.2, 0.25) is 0 Å². The molecule has 1 N–H and O–H groups in total. The molecule has 1 aromatic heterocycles. The zero-order valence-electron chi connectivity index (χ0n) is 11.7. The highest BCUT2D eigenvalue weighted by Crippen LogP contribution is 2.17. The van der Waals surface area contributed by atoms with Crippen LogP contribution in [0.15, 0.2) is 18.3 Å². The van der Waals surface area contributed by atoms with Crippen molar-refractivity contribution < 1.29 is 0 Å². The third-order valence-corrected chi connectivity index (χ3v) is 3.60. The van der Waals surface area contributed by atoms with E-state index in [2.05, 4.69) is 53.1 Å². The number of pyridine rings is 1. The van der Waals surface area contributed by atoms with Crippen LogP contribution in [0.3, 0.4) is 0 Å². The van der Waals surface area contributed by atoms with Crippen molar-refractivity contribution in [3.8, 4) is 0 Å². The van der Waals surface area contributed by atoms with E-state index in [0.29, 0.717) is 6.04 Å². The van der Waals surface area contributed by atoms with Crippen molar-refractivity contribution in [3.05, 3.63) is 18.3 Å². The molecule has 2 rings (SSSR count). The van der Waals surface area contributed by atoms with E-state index < -0.39 is 0 Å². The van der Waals surface area contributed by atoms with E-state index in [4.69, 9.17) is 0 Å². The highest BCUT2D eigenvalue weighted by atomic mass is 15.2. The summed E-state index contributed by atoms with van der Waals surface area (Å²) in [7, 11) is 2.17. The Morgan fingerprint density at radius 2 is 2.17 bits per heavy atom. The topological polar surface area (TPSA) is 31.4 Å². The molecule has 1 aliphatic rings. The first-order valence-electron chi connectivity index (χ1n) is 6.89. The van der Waals surface area contributed by atoms with E-state index >= 15 is 0 Å². The van der Waals surface area contributed by atoms with Crippen molar-refractivity contribution in [2.75, 3.05) is 43.4 Å². The van der Waals surface area contributed by atoms with Gasteiger partial charge < -0.3 is 15.1 Å². The summed E-state index contributed by atoms with van der Waals surface area (Å²) in [5, 5.41) is 3.55. The van der Waals surface area contributed by atoms with Crippen LogP contribution in [0.1, 0.15) is 20.3 Å². The first-order chi connectivity index (χ1) is 8.72. The third-order valence-electron chi connectivity index (χ3n) is 3.60. The summed E-state index contributed by atoms with van der Waals surface area (Å²) in [4.78, 5) is 9.15. The number of rotatable bonds is 5. The summed E-state index contributed by atoms with van der Waals surface area (Å²) in [6.07, 6.45) is 3.17. The second kappa shape index (κ2) is 6.05. The van der Waals surface area contributed by atoms with Gasteiger partial charge in [-0.05, 0) is 46.0 Å². The molecule has 0 amide bonds. The molecule has 18 heavy (non-hydrogen) atoms. The summed E-state index contributed by atoms with van der Waals surface area (Å²) in [6.45, 7) is 8.63. The molecule has 1 aliphatic heterocycles. The van der Waals surface area contributed by atoms with E-state index in [-0.39, 0.29) is 0 Å². The van der Waals surface area contributed by atoms with Crippen LogP contribution in [0.2, 0.25) is 0 Å². The molecular formula is C14H24N4. The smallest absolute Gasteiger partial charge is 0.128 e. The largest absolute Gasteiger partial charge is 0.380 e. The second-order valence-electron chi connectivity index (χ2n) is 4.97. The van der Waals surface area contributed by atoms with Crippen LogP contribution in [0.5, 0.6) is 0 Å². The maximum atomic E-state index is 4.53. The van der Waals surface area contributed by atoms with Gasteiger partial charge in [0.1, 0.15) is 5.82 Å². The first kappa shape index (κ1) is 13.1. The highest BCUT2D eigenvalue weighted by Gasteiger charge is 2.18. The number of hydrogen-bond acceptors (Lipinski definition) is 4. The Bertz CT molecular complexity index is 359. The molecule has 1 saturated heterocycles. The van der Waals surface area contributed by atoms with Crippen molar-refractivity contribution in [1.29, 1.82) is 0 Å². The molecule has 2 heterocycles. The minimum atomic E-state index is 0.566. The van der Waals surface area contributed by atoms with Crippen LogP contribution in [0.25, 0.3) is 0 Å². The molecule has 0 radical (unpaired) electrons. The van der Waals surface area contributed by atoms with E-state index in [1.54, 1.807) is 0 Å². The molecule has 0 aliphatic carbocycles. The van der Waals surface area contributed by atoms with Crippen molar-refractivity contribution in [1.82, 2.24) is 9.88 Å². The molecule has 0 saturated carbocycles. The van der Waals surface area contributed by atoms with E-state index in [1.165, 1.54) is 13.0 Å². The molecule has 0 bridgehead atoms. The zero-order valence-corrected chi connectivity index (χ0v) is 11.7. The van der Waals surface area contributed by atoms with Crippen LogP contribution in [-0.2, 0) is 0 Å². The predicted molar refractivity (Wildman–Crippen MR) is 77.3 cm³/mol. The fourth-order valence-corrected chi connectivity index (χ4v) is 2.49. The van der Waals surface area contributed by atoms with Gasteiger partial charge >= 0.3 is 0 Å². The molecule has 1 aromatic rings. The van der Waals surface area contributed by atoms with Gasteiger partial charge in [0.05, 0.1) is 11.9 Å². The van der Waals surface area contributed by atoms with Gasteiger partial charge in [0.25, 0.3) is 0 Å². The predicted octanol–water partition coefficient (Wildman–Crippen LogP) is 2.04. The molecule has 1 unspecified atom stereocenters. The summed E-state index contributed by atoms with van der Waals surface area (Å²) < 4.78 is 0. The standard InChI is InChI=1S/C14H24N4/c1-4-18(5-2)14-7-6-12(10-15-14)16-13-8-9-17(3)11-13/h6-7,10,13,16H,4-5,8-9,11H2,1-3H3. The van der Waals surface area contributed by atoms with Gasteiger partial charge in [0.15, 0.2) is 0 Å². The number of nitrogens with one attached hydrogen (secondary N) is 1. The van der Waals surface area contributed by atoms with E-state index in [9.17, 15) is 0 Å². The zero-order chi connectivity index (χ0) is 13.0. The lowest BCUT2D eigenvalue weighted by Gasteiger charge is -2.20. The van der Waals surface area contributed by atoms with Crippen LogP contribution >= 0.6 is 0 Å². The van der Waals surface area contributed by atoms with Crippen molar-refractivity contribution in [2.24, 2.45) is 0 Å². The lowest BCUT2D eigenvalue weighted by atomic mass is 10.2. The number of likely N-dealkylation sites (tertiary alicyclic amines) is 1. The summed E-state index contributed by atoms with van der Waals surface area (Å²) >= 11 is 0. The number of likely N-dealkylation sites (N-methyl/N-ethyl adjacent to an activating group) is 1. The number of hydrogen-bond donors (Lipinski definition) is 1. The minimum Gasteiger partial charge on any atom is -0.380 e. The Kier molecular flexibility index (Phi) is 4.42. The maximum Gasteiger partial charge on any atom is 0.128 e. The first-order valence-corrected chi connectivity index (χ1v) is 6.89. The Hall–Kier alpha value is -1.29. The van der Waals surface area contributed by atoms with Gasteiger partial charge in [0, 0.05) is 25.7 Å². The van der Waals surface area contributed by atoms with Crippen molar-refractivity contribution >= 4 is 11.5 Å². The Morgan fingerprint density at radius 1 is 1.39 bits per heavy atom. The normalized spacial score (nSPS) is 20.1. The minimum absolute atomic E-state index is 0.566. The second-order valence-corrected chi connectivity index (χ2v) is 4.97. The Morgan fingerprint density at radius 3 is 2.67 bits per heavy atom. The molecule has 0 spiro atoms. The van der Waals surface area contributed by atoms with Gasteiger partial charge in [-0.1, -0.05) is 0 Å².